The Balaban J connectivity index is 2.84. The van der Waals surface area contributed by atoms with Crippen molar-refractivity contribution in [3.8, 4) is 0 Å². The first-order valence-electron chi connectivity index (χ1n) is 4.29. The minimum atomic E-state index is -4.34. The summed E-state index contributed by atoms with van der Waals surface area (Å²) in [6.07, 6.45) is -3.23. The van der Waals surface area contributed by atoms with Crippen molar-refractivity contribution in [1.82, 2.24) is 4.98 Å². The van der Waals surface area contributed by atoms with Crippen molar-refractivity contribution in [1.29, 1.82) is 0 Å². The maximum Gasteiger partial charge on any atom is 0.416 e. The Kier molecular flexibility index (Phi) is 3.79. The number of halogens is 4. The number of nitrogens with one attached hydrogen (secondary N) is 1. The monoisotopic (exact) mass is 238 g/mol. The lowest BCUT2D eigenvalue weighted by atomic mass is 10.2. The fourth-order valence-corrected chi connectivity index (χ4v) is 1.05. The van der Waals surface area contributed by atoms with E-state index in [0.717, 1.165) is 18.3 Å². The van der Waals surface area contributed by atoms with Gasteiger partial charge in [-0.05, 0) is 19.1 Å². The van der Waals surface area contributed by atoms with Gasteiger partial charge in [-0.2, -0.15) is 13.2 Å². The van der Waals surface area contributed by atoms with Gasteiger partial charge in [-0.1, -0.05) is 0 Å². The van der Waals surface area contributed by atoms with Crippen molar-refractivity contribution >= 4 is 17.4 Å². The summed E-state index contributed by atoms with van der Waals surface area (Å²) < 4.78 is 36.9. The number of hydrogen-bond acceptors (Lipinski definition) is 2. The molecule has 0 aromatic carbocycles. The molecular weight excluding hydrogens is 229 g/mol. The van der Waals surface area contributed by atoms with E-state index in [1.54, 1.807) is 6.92 Å². The number of anilines is 1. The van der Waals surface area contributed by atoms with Crippen LogP contribution in [0.3, 0.4) is 0 Å². The number of rotatable bonds is 3. The van der Waals surface area contributed by atoms with Crippen molar-refractivity contribution in [2.75, 3.05) is 11.2 Å². The molecule has 1 atom stereocenters. The SMILES string of the molecule is CC(CCl)Nc1cc(C(F)(F)F)ccn1. The predicted molar refractivity (Wildman–Crippen MR) is 53.0 cm³/mol. The molecule has 1 aromatic rings. The molecule has 84 valence electrons. The van der Waals surface area contributed by atoms with Gasteiger partial charge in [-0.3, -0.25) is 0 Å². The van der Waals surface area contributed by atoms with Crippen molar-refractivity contribution in [3.05, 3.63) is 23.9 Å². The van der Waals surface area contributed by atoms with Crippen LogP contribution in [0.1, 0.15) is 12.5 Å². The highest BCUT2D eigenvalue weighted by atomic mass is 35.5. The van der Waals surface area contributed by atoms with E-state index in [1.165, 1.54) is 0 Å². The Bertz CT molecular complexity index is 327. The van der Waals surface area contributed by atoms with Crippen LogP contribution in [0.2, 0.25) is 0 Å². The fraction of sp³-hybridized carbons (Fsp3) is 0.444. The number of aromatic nitrogens is 1. The first-order chi connectivity index (χ1) is 6.93. The fourth-order valence-electron chi connectivity index (χ4n) is 0.977. The summed E-state index contributed by atoms with van der Waals surface area (Å²) in [6.45, 7) is 1.76. The highest BCUT2D eigenvalue weighted by Crippen LogP contribution is 2.29. The normalized spacial score (nSPS) is 13.7. The van der Waals surface area contributed by atoms with Gasteiger partial charge in [0.15, 0.2) is 0 Å². The number of alkyl halides is 4. The van der Waals surface area contributed by atoms with E-state index < -0.39 is 11.7 Å². The second kappa shape index (κ2) is 4.70. The number of nitrogens with zero attached hydrogens (tertiary/aromatic N) is 1. The molecular formula is C9H10ClF3N2. The summed E-state index contributed by atoms with van der Waals surface area (Å²) in [5.41, 5.74) is -0.721. The average Bonchev–Trinajstić information content (AvgIpc) is 2.17. The van der Waals surface area contributed by atoms with Gasteiger partial charge in [0, 0.05) is 18.1 Å². The number of hydrogen-bond donors (Lipinski definition) is 1. The van der Waals surface area contributed by atoms with E-state index in [4.69, 9.17) is 11.6 Å². The quantitative estimate of drug-likeness (QED) is 0.819. The molecule has 1 rings (SSSR count). The van der Waals surface area contributed by atoms with Gasteiger partial charge >= 0.3 is 6.18 Å². The molecule has 6 heteroatoms. The van der Waals surface area contributed by atoms with Crippen molar-refractivity contribution < 1.29 is 13.2 Å². The second-order valence-corrected chi connectivity index (χ2v) is 3.44. The molecule has 1 N–H and O–H groups in total. The third-order valence-electron chi connectivity index (χ3n) is 1.71. The largest absolute Gasteiger partial charge is 0.416 e. The zero-order chi connectivity index (χ0) is 11.5. The molecule has 1 heterocycles. The maximum absolute atomic E-state index is 12.3. The summed E-state index contributed by atoms with van der Waals surface area (Å²) in [4.78, 5) is 3.77. The van der Waals surface area contributed by atoms with E-state index >= 15 is 0 Å². The van der Waals surface area contributed by atoms with Crippen LogP contribution in [-0.4, -0.2) is 16.9 Å². The Morgan fingerprint density at radius 1 is 1.53 bits per heavy atom. The standard InChI is InChI=1S/C9H10ClF3N2/c1-6(5-10)15-8-4-7(2-3-14-8)9(11,12)13/h2-4,6H,5H2,1H3,(H,14,15). The minimum absolute atomic E-state index is 0.123. The zero-order valence-electron chi connectivity index (χ0n) is 7.98. The molecule has 2 nitrogen and oxygen atoms in total. The van der Waals surface area contributed by atoms with E-state index in [-0.39, 0.29) is 11.9 Å². The topological polar surface area (TPSA) is 24.9 Å². The van der Waals surface area contributed by atoms with Crippen LogP contribution in [0.4, 0.5) is 19.0 Å². The van der Waals surface area contributed by atoms with Crippen LogP contribution in [0.25, 0.3) is 0 Å². The molecule has 0 saturated carbocycles. The summed E-state index contributed by atoms with van der Waals surface area (Å²) in [5, 5.41) is 2.76. The molecule has 0 aliphatic carbocycles. The van der Waals surface area contributed by atoms with Crippen LogP contribution in [-0.2, 0) is 6.18 Å². The molecule has 0 saturated heterocycles. The van der Waals surface area contributed by atoms with E-state index in [1.807, 2.05) is 0 Å². The molecule has 0 fully saturated rings. The molecule has 0 amide bonds. The lowest BCUT2D eigenvalue weighted by molar-refractivity contribution is -0.137. The minimum Gasteiger partial charge on any atom is -0.366 e. The first-order valence-corrected chi connectivity index (χ1v) is 4.82. The zero-order valence-corrected chi connectivity index (χ0v) is 8.73. The predicted octanol–water partition coefficient (Wildman–Crippen LogP) is 3.14. The maximum atomic E-state index is 12.3. The highest BCUT2D eigenvalue weighted by Gasteiger charge is 2.30. The third kappa shape index (κ3) is 3.58. The van der Waals surface area contributed by atoms with Gasteiger partial charge in [0.1, 0.15) is 5.82 Å². The summed E-state index contributed by atoms with van der Waals surface area (Å²) in [6, 6.07) is 1.77. The van der Waals surface area contributed by atoms with Gasteiger partial charge in [-0.15, -0.1) is 11.6 Å². The van der Waals surface area contributed by atoms with Crippen LogP contribution in [0.5, 0.6) is 0 Å². The van der Waals surface area contributed by atoms with Crippen LogP contribution < -0.4 is 5.32 Å². The third-order valence-corrected chi connectivity index (χ3v) is 2.18. The van der Waals surface area contributed by atoms with E-state index in [2.05, 4.69) is 10.3 Å². The van der Waals surface area contributed by atoms with Crippen LogP contribution in [0.15, 0.2) is 18.3 Å². The van der Waals surface area contributed by atoms with Gasteiger partial charge in [0.2, 0.25) is 0 Å². The van der Waals surface area contributed by atoms with Gasteiger partial charge in [0.25, 0.3) is 0 Å². The average molecular weight is 239 g/mol. The van der Waals surface area contributed by atoms with Crippen molar-refractivity contribution in [2.24, 2.45) is 0 Å². The second-order valence-electron chi connectivity index (χ2n) is 3.13. The molecule has 1 aromatic heterocycles. The summed E-state index contributed by atoms with van der Waals surface area (Å²) >= 11 is 5.52. The van der Waals surface area contributed by atoms with Gasteiger partial charge in [-0.25, -0.2) is 4.98 Å². The lowest BCUT2D eigenvalue weighted by Gasteiger charge is -2.12. The van der Waals surface area contributed by atoms with E-state index in [9.17, 15) is 13.2 Å². The molecule has 1 unspecified atom stereocenters. The summed E-state index contributed by atoms with van der Waals surface area (Å²) in [7, 11) is 0. The lowest BCUT2D eigenvalue weighted by Crippen LogP contribution is -2.18. The van der Waals surface area contributed by atoms with Gasteiger partial charge in [0.05, 0.1) is 5.56 Å². The molecule has 0 aliphatic heterocycles. The summed E-state index contributed by atoms with van der Waals surface area (Å²) in [5.74, 6) is 0.482. The van der Waals surface area contributed by atoms with Crippen LogP contribution >= 0.6 is 11.6 Å². The molecule has 15 heavy (non-hydrogen) atoms. The Hall–Kier alpha value is -0.970. The highest BCUT2D eigenvalue weighted by molar-refractivity contribution is 6.18. The van der Waals surface area contributed by atoms with Crippen molar-refractivity contribution in [2.45, 2.75) is 19.1 Å². The number of pyridine rings is 1. The molecule has 0 aliphatic rings. The molecule has 0 bridgehead atoms. The Morgan fingerprint density at radius 3 is 2.73 bits per heavy atom. The van der Waals surface area contributed by atoms with Crippen molar-refractivity contribution in [3.63, 3.8) is 0 Å². The first kappa shape index (κ1) is 12.1. The van der Waals surface area contributed by atoms with E-state index in [0.29, 0.717) is 5.88 Å². The Morgan fingerprint density at radius 2 is 2.20 bits per heavy atom. The van der Waals surface area contributed by atoms with Crippen LogP contribution in [0, 0.1) is 0 Å². The molecule has 0 spiro atoms. The molecule has 0 radical (unpaired) electrons. The Labute approximate surface area is 90.5 Å². The van der Waals surface area contributed by atoms with Gasteiger partial charge < -0.3 is 5.32 Å². The smallest absolute Gasteiger partial charge is 0.366 e.